The normalized spacial score (nSPS) is 18.1. The van der Waals surface area contributed by atoms with E-state index in [-0.39, 0.29) is 17.9 Å². The minimum atomic E-state index is -0.177. The van der Waals surface area contributed by atoms with Crippen molar-refractivity contribution in [3.05, 3.63) is 76.4 Å². The molecule has 30 heavy (non-hydrogen) atoms. The lowest BCUT2D eigenvalue weighted by atomic mass is 10.0. The van der Waals surface area contributed by atoms with Gasteiger partial charge in [0.1, 0.15) is 5.70 Å². The molecule has 1 aliphatic heterocycles. The standard InChI is InChI=1S/C25H27ClN2O2/c1-27(17-18-9-5-4-6-10-18)23-22(19-13-15-20(26)16-14-19)24(29)28(25(23)30)21-11-7-2-3-8-12-21/h4-6,9-10,13-16,21H,2-3,7-8,11-12,17H2,1H3. The van der Waals surface area contributed by atoms with Gasteiger partial charge < -0.3 is 4.90 Å². The monoisotopic (exact) mass is 422 g/mol. The Morgan fingerprint density at radius 3 is 2.17 bits per heavy atom. The molecule has 0 unspecified atom stereocenters. The molecule has 4 rings (SSSR count). The average Bonchev–Trinajstić information content (AvgIpc) is 2.91. The van der Waals surface area contributed by atoms with E-state index >= 15 is 0 Å². The first-order valence-electron chi connectivity index (χ1n) is 10.7. The van der Waals surface area contributed by atoms with Gasteiger partial charge in [-0.25, -0.2) is 0 Å². The zero-order chi connectivity index (χ0) is 21.1. The first-order valence-corrected chi connectivity index (χ1v) is 11.1. The molecule has 0 spiro atoms. The summed E-state index contributed by atoms with van der Waals surface area (Å²) in [5.41, 5.74) is 2.80. The Kier molecular flexibility index (Phi) is 6.24. The highest BCUT2D eigenvalue weighted by molar-refractivity contribution is 6.36. The van der Waals surface area contributed by atoms with Crippen LogP contribution in [0.5, 0.6) is 0 Å². The lowest BCUT2D eigenvalue weighted by Gasteiger charge is -2.27. The van der Waals surface area contributed by atoms with Crippen molar-refractivity contribution >= 4 is 29.0 Å². The smallest absolute Gasteiger partial charge is 0.278 e. The summed E-state index contributed by atoms with van der Waals surface area (Å²) in [6.45, 7) is 0.560. The van der Waals surface area contributed by atoms with Gasteiger partial charge in [0.25, 0.3) is 11.8 Å². The minimum Gasteiger partial charge on any atom is -0.365 e. The molecule has 0 N–H and O–H groups in total. The van der Waals surface area contributed by atoms with Crippen molar-refractivity contribution < 1.29 is 9.59 Å². The maximum atomic E-state index is 13.6. The molecule has 0 atom stereocenters. The Hall–Kier alpha value is -2.59. The van der Waals surface area contributed by atoms with Crippen LogP contribution in [0.15, 0.2) is 60.3 Å². The maximum Gasteiger partial charge on any atom is 0.278 e. The highest BCUT2D eigenvalue weighted by atomic mass is 35.5. The van der Waals surface area contributed by atoms with Crippen molar-refractivity contribution in [1.82, 2.24) is 9.80 Å². The van der Waals surface area contributed by atoms with E-state index in [1.54, 1.807) is 12.1 Å². The number of benzene rings is 2. The molecule has 5 heteroatoms. The molecule has 0 saturated heterocycles. The first kappa shape index (κ1) is 20.7. The second-order valence-corrected chi connectivity index (χ2v) is 8.63. The second kappa shape index (κ2) is 9.05. The van der Waals surface area contributed by atoms with Gasteiger partial charge in [0.2, 0.25) is 0 Å². The van der Waals surface area contributed by atoms with E-state index < -0.39 is 0 Å². The Balaban J connectivity index is 1.72. The summed E-state index contributed by atoms with van der Waals surface area (Å²) < 4.78 is 0. The molecular weight excluding hydrogens is 396 g/mol. The van der Waals surface area contributed by atoms with Crippen LogP contribution in [0.1, 0.15) is 49.7 Å². The zero-order valence-corrected chi connectivity index (χ0v) is 18.1. The van der Waals surface area contributed by atoms with Gasteiger partial charge in [0.05, 0.1) is 5.57 Å². The van der Waals surface area contributed by atoms with Crippen LogP contribution in [0.4, 0.5) is 0 Å². The summed E-state index contributed by atoms with van der Waals surface area (Å²) in [5, 5.41) is 0.607. The highest BCUT2D eigenvalue weighted by Gasteiger charge is 2.44. The second-order valence-electron chi connectivity index (χ2n) is 8.20. The van der Waals surface area contributed by atoms with Crippen molar-refractivity contribution in [2.45, 2.75) is 51.1 Å². The van der Waals surface area contributed by atoms with Crippen LogP contribution >= 0.6 is 11.6 Å². The Labute approximate surface area is 183 Å². The third-order valence-electron chi connectivity index (χ3n) is 6.06. The highest BCUT2D eigenvalue weighted by Crippen LogP contribution is 2.36. The van der Waals surface area contributed by atoms with Gasteiger partial charge in [-0.15, -0.1) is 0 Å². The third kappa shape index (κ3) is 4.15. The molecule has 0 bridgehead atoms. The van der Waals surface area contributed by atoms with Gasteiger partial charge in [-0.2, -0.15) is 0 Å². The molecule has 1 saturated carbocycles. The number of imide groups is 1. The van der Waals surface area contributed by atoms with Gasteiger partial charge in [-0.3, -0.25) is 14.5 Å². The summed E-state index contributed by atoms with van der Waals surface area (Å²) in [6.07, 6.45) is 6.25. The van der Waals surface area contributed by atoms with Crippen molar-refractivity contribution in [3.8, 4) is 0 Å². The van der Waals surface area contributed by atoms with E-state index in [4.69, 9.17) is 11.6 Å². The summed E-state index contributed by atoms with van der Waals surface area (Å²) in [4.78, 5) is 30.6. The molecule has 2 amide bonds. The Morgan fingerprint density at radius 2 is 1.53 bits per heavy atom. The van der Waals surface area contributed by atoms with Gasteiger partial charge in [-0.05, 0) is 36.1 Å². The van der Waals surface area contributed by atoms with Crippen LogP contribution in [0.25, 0.3) is 5.57 Å². The SMILES string of the molecule is CN(Cc1ccccc1)C1=C(c2ccc(Cl)cc2)C(=O)N(C2CCCCCC2)C1=O. The number of hydrogen-bond acceptors (Lipinski definition) is 3. The van der Waals surface area contributed by atoms with Gasteiger partial charge in [0, 0.05) is 24.7 Å². The molecule has 1 aliphatic carbocycles. The number of halogens is 1. The Bertz CT molecular complexity index is 945. The topological polar surface area (TPSA) is 40.6 Å². The summed E-state index contributed by atoms with van der Waals surface area (Å²) in [5.74, 6) is -0.348. The average molecular weight is 423 g/mol. The molecule has 156 valence electrons. The van der Waals surface area contributed by atoms with Crippen LogP contribution in [-0.2, 0) is 16.1 Å². The van der Waals surface area contributed by atoms with E-state index in [1.807, 2.05) is 54.4 Å². The number of likely N-dealkylation sites (N-methyl/N-ethyl adjacent to an activating group) is 1. The fourth-order valence-electron chi connectivity index (χ4n) is 4.55. The lowest BCUT2D eigenvalue weighted by molar-refractivity contribution is -0.140. The number of nitrogens with zero attached hydrogens (tertiary/aromatic N) is 2. The summed E-state index contributed by atoms with van der Waals surface area (Å²) in [7, 11) is 1.89. The van der Waals surface area contributed by atoms with E-state index in [1.165, 1.54) is 17.7 Å². The number of rotatable bonds is 5. The molecule has 4 nitrogen and oxygen atoms in total. The number of hydrogen-bond donors (Lipinski definition) is 0. The predicted molar refractivity (Wildman–Crippen MR) is 120 cm³/mol. The van der Waals surface area contributed by atoms with Crippen molar-refractivity contribution in [2.75, 3.05) is 7.05 Å². The fraction of sp³-hybridized carbons (Fsp3) is 0.360. The predicted octanol–water partition coefficient (Wildman–Crippen LogP) is 5.27. The van der Waals surface area contributed by atoms with Gasteiger partial charge >= 0.3 is 0 Å². The number of amides is 2. The zero-order valence-electron chi connectivity index (χ0n) is 17.3. The van der Waals surface area contributed by atoms with Gasteiger partial charge in [-0.1, -0.05) is 79.7 Å². The van der Waals surface area contributed by atoms with Crippen LogP contribution in [0.3, 0.4) is 0 Å². The quantitative estimate of drug-likeness (QED) is 0.486. The molecule has 0 radical (unpaired) electrons. The number of carbonyl (C=O) groups is 2. The molecule has 2 aromatic rings. The van der Waals surface area contributed by atoms with Crippen molar-refractivity contribution in [1.29, 1.82) is 0 Å². The van der Waals surface area contributed by atoms with Gasteiger partial charge in [0.15, 0.2) is 0 Å². The van der Waals surface area contributed by atoms with Crippen molar-refractivity contribution in [2.24, 2.45) is 0 Å². The third-order valence-corrected chi connectivity index (χ3v) is 6.31. The van der Waals surface area contributed by atoms with Crippen LogP contribution in [0.2, 0.25) is 5.02 Å². The molecule has 1 heterocycles. The number of carbonyl (C=O) groups excluding carboxylic acids is 2. The molecule has 0 aromatic heterocycles. The molecule has 2 aromatic carbocycles. The van der Waals surface area contributed by atoms with E-state index in [0.29, 0.717) is 22.8 Å². The largest absolute Gasteiger partial charge is 0.365 e. The molecule has 2 aliphatic rings. The Morgan fingerprint density at radius 1 is 0.900 bits per heavy atom. The van der Waals surface area contributed by atoms with Crippen molar-refractivity contribution in [3.63, 3.8) is 0 Å². The van der Waals surface area contributed by atoms with Crippen LogP contribution < -0.4 is 0 Å². The lowest BCUT2D eigenvalue weighted by Crippen LogP contribution is -2.42. The van der Waals surface area contributed by atoms with E-state index in [2.05, 4.69) is 0 Å². The van der Waals surface area contributed by atoms with Crippen LogP contribution in [0, 0.1) is 0 Å². The van der Waals surface area contributed by atoms with E-state index in [0.717, 1.165) is 36.8 Å². The summed E-state index contributed by atoms with van der Waals surface area (Å²) >= 11 is 6.07. The van der Waals surface area contributed by atoms with Crippen LogP contribution in [-0.4, -0.2) is 34.7 Å². The van der Waals surface area contributed by atoms with E-state index in [9.17, 15) is 9.59 Å². The fourth-order valence-corrected chi connectivity index (χ4v) is 4.68. The summed E-state index contributed by atoms with van der Waals surface area (Å²) in [6, 6.07) is 17.2. The minimum absolute atomic E-state index is 0.0163. The maximum absolute atomic E-state index is 13.6. The first-order chi connectivity index (χ1) is 14.6. The molecular formula is C25H27ClN2O2. The molecule has 1 fully saturated rings.